The third-order valence-corrected chi connectivity index (χ3v) is 4.05. The van der Waals surface area contributed by atoms with E-state index in [2.05, 4.69) is 37.8 Å². The van der Waals surface area contributed by atoms with Gasteiger partial charge in [0.1, 0.15) is 0 Å². The molecular weight excluding hydrogens is 222 g/mol. The van der Waals surface area contributed by atoms with E-state index < -0.39 is 0 Å². The fourth-order valence-electron chi connectivity index (χ4n) is 3.12. The molecule has 0 spiro atoms. The zero-order chi connectivity index (χ0) is 13.5. The van der Waals surface area contributed by atoms with Crippen molar-refractivity contribution in [1.82, 2.24) is 0 Å². The topological polar surface area (TPSA) is 20.3 Å². The Balaban J connectivity index is 2.51. The van der Waals surface area contributed by atoms with Gasteiger partial charge in [0, 0.05) is 18.7 Å². The van der Waals surface area contributed by atoms with E-state index in [1.54, 1.807) is 0 Å². The van der Waals surface area contributed by atoms with E-state index in [1.165, 1.54) is 22.4 Å². The SMILES string of the molecule is Cc1cc(C)c(N2CCCC(=O)C2(C)C)c(C)c1. The third kappa shape index (κ3) is 2.05. The van der Waals surface area contributed by atoms with Crippen LogP contribution in [0.3, 0.4) is 0 Å². The molecule has 0 N–H and O–H groups in total. The fraction of sp³-hybridized carbons (Fsp3) is 0.562. The second-order valence-corrected chi connectivity index (χ2v) is 5.98. The van der Waals surface area contributed by atoms with Crippen LogP contribution in [0.25, 0.3) is 0 Å². The van der Waals surface area contributed by atoms with Gasteiger partial charge in [0.05, 0.1) is 5.54 Å². The van der Waals surface area contributed by atoms with Crippen molar-refractivity contribution in [3.63, 3.8) is 0 Å². The molecule has 2 heteroatoms. The maximum Gasteiger partial charge on any atom is 0.157 e. The Kier molecular flexibility index (Phi) is 3.22. The molecule has 18 heavy (non-hydrogen) atoms. The van der Waals surface area contributed by atoms with Gasteiger partial charge in [-0.15, -0.1) is 0 Å². The van der Waals surface area contributed by atoms with E-state index in [-0.39, 0.29) is 5.54 Å². The zero-order valence-corrected chi connectivity index (χ0v) is 12.1. The Morgan fingerprint density at radius 2 is 1.67 bits per heavy atom. The number of nitrogens with zero attached hydrogens (tertiary/aromatic N) is 1. The number of piperidine rings is 1. The Morgan fingerprint density at radius 1 is 1.11 bits per heavy atom. The van der Waals surface area contributed by atoms with E-state index in [1.807, 2.05) is 13.8 Å². The minimum absolute atomic E-state index is 0.355. The monoisotopic (exact) mass is 245 g/mol. The summed E-state index contributed by atoms with van der Waals surface area (Å²) in [7, 11) is 0. The first-order chi connectivity index (χ1) is 8.34. The molecule has 1 fully saturated rings. The van der Waals surface area contributed by atoms with Crippen molar-refractivity contribution in [2.75, 3.05) is 11.4 Å². The van der Waals surface area contributed by atoms with Crippen molar-refractivity contribution in [2.45, 2.75) is 53.0 Å². The summed E-state index contributed by atoms with van der Waals surface area (Å²) in [6, 6.07) is 4.41. The average Bonchev–Trinajstić information content (AvgIpc) is 2.23. The molecule has 1 saturated heterocycles. The second-order valence-electron chi connectivity index (χ2n) is 5.98. The quantitative estimate of drug-likeness (QED) is 0.754. The van der Waals surface area contributed by atoms with Gasteiger partial charge in [-0.25, -0.2) is 0 Å². The van der Waals surface area contributed by atoms with Gasteiger partial charge in [-0.2, -0.15) is 0 Å². The minimum atomic E-state index is -0.372. The largest absolute Gasteiger partial charge is 0.359 e. The molecular formula is C16H23NO. The van der Waals surface area contributed by atoms with E-state index in [0.29, 0.717) is 12.2 Å². The molecule has 0 unspecified atom stereocenters. The molecule has 0 aromatic heterocycles. The summed E-state index contributed by atoms with van der Waals surface area (Å²) in [5.74, 6) is 0.355. The van der Waals surface area contributed by atoms with Gasteiger partial charge in [-0.3, -0.25) is 4.79 Å². The zero-order valence-electron chi connectivity index (χ0n) is 12.1. The standard InChI is InChI=1S/C16H23NO/c1-11-9-12(2)15(13(3)10-11)17-8-6-7-14(18)16(17,4)5/h9-10H,6-8H2,1-5H3. The van der Waals surface area contributed by atoms with Crippen molar-refractivity contribution >= 4 is 11.5 Å². The highest BCUT2D eigenvalue weighted by Crippen LogP contribution is 2.35. The molecule has 0 amide bonds. The molecule has 2 nitrogen and oxygen atoms in total. The van der Waals surface area contributed by atoms with Crippen LogP contribution < -0.4 is 4.90 Å². The Bertz CT molecular complexity index is 465. The Labute approximate surface area is 110 Å². The molecule has 1 heterocycles. The summed E-state index contributed by atoms with van der Waals surface area (Å²) in [5, 5.41) is 0. The van der Waals surface area contributed by atoms with Gasteiger partial charge in [-0.05, 0) is 52.2 Å². The van der Waals surface area contributed by atoms with Crippen molar-refractivity contribution in [1.29, 1.82) is 0 Å². The number of anilines is 1. The number of hydrogen-bond donors (Lipinski definition) is 0. The average molecular weight is 245 g/mol. The predicted octanol–water partition coefficient (Wildman–Crippen LogP) is 3.56. The van der Waals surface area contributed by atoms with Crippen LogP contribution >= 0.6 is 0 Å². The number of rotatable bonds is 1. The second kappa shape index (κ2) is 4.42. The van der Waals surface area contributed by atoms with Crippen LogP contribution in [-0.4, -0.2) is 17.9 Å². The maximum atomic E-state index is 12.1. The lowest BCUT2D eigenvalue weighted by atomic mass is 9.87. The number of benzene rings is 1. The fourth-order valence-corrected chi connectivity index (χ4v) is 3.12. The molecule has 0 saturated carbocycles. The van der Waals surface area contributed by atoms with Crippen LogP contribution in [0.2, 0.25) is 0 Å². The van der Waals surface area contributed by atoms with E-state index in [4.69, 9.17) is 0 Å². The van der Waals surface area contributed by atoms with Crippen LogP contribution in [-0.2, 0) is 4.79 Å². The van der Waals surface area contributed by atoms with E-state index in [9.17, 15) is 4.79 Å². The van der Waals surface area contributed by atoms with Crippen molar-refractivity contribution < 1.29 is 4.79 Å². The lowest BCUT2D eigenvalue weighted by Crippen LogP contribution is -2.54. The van der Waals surface area contributed by atoms with Crippen molar-refractivity contribution in [3.05, 3.63) is 28.8 Å². The Morgan fingerprint density at radius 3 is 2.22 bits per heavy atom. The normalized spacial score (nSPS) is 19.2. The van der Waals surface area contributed by atoms with Gasteiger partial charge in [-0.1, -0.05) is 17.7 Å². The highest BCUT2D eigenvalue weighted by atomic mass is 16.1. The van der Waals surface area contributed by atoms with Gasteiger partial charge in [0.15, 0.2) is 5.78 Å². The number of Topliss-reactive ketones (excluding diaryl/α,β-unsaturated/α-hetero) is 1. The minimum Gasteiger partial charge on any atom is -0.359 e. The first-order valence-corrected chi connectivity index (χ1v) is 6.73. The Hall–Kier alpha value is -1.31. The molecule has 0 radical (unpaired) electrons. The molecule has 98 valence electrons. The molecule has 0 bridgehead atoms. The summed E-state index contributed by atoms with van der Waals surface area (Å²) in [5.41, 5.74) is 4.71. The summed E-state index contributed by atoms with van der Waals surface area (Å²) in [4.78, 5) is 14.4. The first kappa shape index (κ1) is 13.1. The molecule has 0 atom stereocenters. The van der Waals surface area contributed by atoms with Gasteiger partial charge >= 0.3 is 0 Å². The number of ketones is 1. The molecule has 1 aliphatic rings. The summed E-state index contributed by atoms with van der Waals surface area (Å²) in [6.07, 6.45) is 1.68. The summed E-state index contributed by atoms with van der Waals surface area (Å²) < 4.78 is 0. The van der Waals surface area contributed by atoms with Gasteiger partial charge in [0.2, 0.25) is 0 Å². The van der Waals surface area contributed by atoms with E-state index >= 15 is 0 Å². The number of hydrogen-bond acceptors (Lipinski definition) is 2. The summed E-state index contributed by atoms with van der Waals surface area (Å²) >= 11 is 0. The highest BCUT2D eigenvalue weighted by Gasteiger charge is 2.38. The van der Waals surface area contributed by atoms with Crippen molar-refractivity contribution in [3.8, 4) is 0 Å². The molecule has 1 aliphatic heterocycles. The number of aryl methyl sites for hydroxylation is 3. The number of carbonyl (C=O) groups excluding carboxylic acids is 1. The maximum absolute atomic E-state index is 12.1. The van der Waals surface area contributed by atoms with Gasteiger partial charge < -0.3 is 4.90 Å². The molecule has 2 rings (SSSR count). The highest BCUT2D eigenvalue weighted by molar-refractivity contribution is 5.92. The van der Waals surface area contributed by atoms with Crippen LogP contribution in [0.15, 0.2) is 12.1 Å². The van der Waals surface area contributed by atoms with Crippen molar-refractivity contribution in [2.24, 2.45) is 0 Å². The predicted molar refractivity (Wildman–Crippen MR) is 76.3 cm³/mol. The van der Waals surface area contributed by atoms with Crippen LogP contribution in [0.4, 0.5) is 5.69 Å². The first-order valence-electron chi connectivity index (χ1n) is 6.73. The lowest BCUT2D eigenvalue weighted by molar-refractivity contribution is -0.124. The van der Waals surface area contributed by atoms with E-state index in [0.717, 1.165) is 13.0 Å². The molecule has 0 aliphatic carbocycles. The molecule has 1 aromatic rings. The van der Waals surface area contributed by atoms with Crippen LogP contribution in [0.1, 0.15) is 43.4 Å². The van der Waals surface area contributed by atoms with Crippen LogP contribution in [0.5, 0.6) is 0 Å². The van der Waals surface area contributed by atoms with Gasteiger partial charge in [0.25, 0.3) is 0 Å². The smallest absolute Gasteiger partial charge is 0.157 e. The molecule has 1 aromatic carbocycles. The summed E-state index contributed by atoms with van der Waals surface area (Å²) in [6.45, 7) is 11.5. The third-order valence-electron chi connectivity index (χ3n) is 4.05. The number of carbonyl (C=O) groups is 1. The van der Waals surface area contributed by atoms with Crippen LogP contribution in [0, 0.1) is 20.8 Å². The lowest BCUT2D eigenvalue weighted by Gasteiger charge is -2.44.